The number of H-pyrrole nitrogens is 1. The molecule has 1 amide bonds. The number of nitrogens with two attached hydrogens (primary N) is 2. The summed E-state index contributed by atoms with van der Waals surface area (Å²) in [6.07, 6.45) is 1.71. The number of aromatic hydroxyl groups is 1. The number of fused-ring (bicyclic) bond motifs is 1. The summed E-state index contributed by atoms with van der Waals surface area (Å²) in [4.78, 5) is 42.3. The van der Waals surface area contributed by atoms with Crippen molar-refractivity contribution in [3.8, 4) is 5.75 Å². The first-order valence-corrected chi connectivity index (χ1v) is 7.73. The molecule has 0 fully saturated rings. The van der Waals surface area contributed by atoms with Crippen LogP contribution in [0.25, 0.3) is 10.9 Å². The zero-order valence-electron chi connectivity index (χ0n) is 13.7. The monoisotopic (exact) mass is 361 g/mol. The second kappa shape index (κ2) is 8.01. The number of carboxylic acid groups (broad SMARTS) is 1. The molecule has 2 rings (SSSR count). The maximum atomic E-state index is 12.3. The summed E-state index contributed by atoms with van der Waals surface area (Å²) in [6, 6.07) is 3.04. The predicted octanol–water partition coefficient (Wildman–Crippen LogP) is -0.321. The van der Waals surface area contributed by atoms with E-state index in [4.69, 9.17) is 11.5 Å². The van der Waals surface area contributed by atoms with Crippen molar-refractivity contribution >= 4 is 34.5 Å². The molecule has 138 valence electrons. The molecule has 8 N–H and O–H groups in total. The molecule has 1 heterocycles. The number of benzene rings is 1. The Hall–Kier alpha value is -3.56. The van der Waals surface area contributed by atoms with Crippen molar-refractivity contribution < 1.29 is 24.6 Å². The number of hydrogen-bond donors (Lipinski definition) is 6. The van der Waals surface area contributed by atoms with Gasteiger partial charge in [-0.1, -0.05) is 0 Å². The molecule has 1 aromatic carbocycles. The second-order valence-electron chi connectivity index (χ2n) is 5.57. The average Bonchev–Trinajstić information content (AvgIpc) is 2.99. The van der Waals surface area contributed by atoms with E-state index in [0.29, 0.717) is 17.3 Å². The Balaban J connectivity index is 2.06. The maximum Gasteiger partial charge on any atom is 0.326 e. The second-order valence-corrected chi connectivity index (χ2v) is 5.57. The Morgan fingerprint density at radius 2 is 2.00 bits per heavy atom. The first-order chi connectivity index (χ1) is 12.3. The third-order valence-corrected chi connectivity index (χ3v) is 3.66. The van der Waals surface area contributed by atoms with Crippen LogP contribution in [0.15, 0.2) is 29.4 Å². The summed E-state index contributed by atoms with van der Waals surface area (Å²) in [5, 5.41) is 21.3. The van der Waals surface area contributed by atoms with Crippen LogP contribution in [-0.4, -0.2) is 51.4 Å². The van der Waals surface area contributed by atoms with Gasteiger partial charge in [0.2, 0.25) is 0 Å². The molecular weight excluding hydrogens is 342 g/mol. The Morgan fingerprint density at radius 1 is 1.27 bits per heavy atom. The molecule has 0 radical (unpaired) electrons. The molecular formula is C16H19N5O5. The fourth-order valence-corrected chi connectivity index (χ4v) is 2.41. The van der Waals surface area contributed by atoms with Crippen molar-refractivity contribution in [2.24, 2.45) is 16.5 Å². The number of carbonyl (C=O) groups is 3. The number of aromatic amines is 1. The highest BCUT2D eigenvalue weighted by Crippen LogP contribution is 2.22. The lowest BCUT2D eigenvalue weighted by Crippen LogP contribution is -2.44. The number of phenols is 1. The van der Waals surface area contributed by atoms with Crippen molar-refractivity contribution in [2.45, 2.75) is 18.9 Å². The van der Waals surface area contributed by atoms with E-state index < -0.39 is 23.7 Å². The normalized spacial score (nSPS) is 11.7. The van der Waals surface area contributed by atoms with Crippen LogP contribution in [-0.2, 0) is 9.59 Å². The summed E-state index contributed by atoms with van der Waals surface area (Å²) in [5.74, 6) is -3.28. The third kappa shape index (κ3) is 4.50. The first-order valence-electron chi connectivity index (χ1n) is 7.73. The van der Waals surface area contributed by atoms with Crippen LogP contribution in [0.2, 0.25) is 0 Å². The Bertz CT molecular complexity index is 869. The molecule has 1 atom stereocenters. The number of aliphatic imine (C=N–C) groups is 1. The number of guanidine groups is 1. The first kappa shape index (κ1) is 18.8. The van der Waals surface area contributed by atoms with Gasteiger partial charge in [-0.25, -0.2) is 4.79 Å². The van der Waals surface area contributed by atoms with Crippen molar-refractivity contribution in [3.05, 3.63) is 30.0 Å². The quantitative estimate of drug-likeness (QED) is 0.122. The standard InChI is InChI=1S/C16H19N5O5/c17-16(18)19-5-1-2-11(15(25)26)21-14(24)13(23)10-7-20-12-6-8(22)3-4-9(10)12/h3-4,6-7,11,20,22H,1-2,5H2,(H,21,24)(H,25,26)(H4,17,18,19)/t11-/m1/s1. The van der Waals surface area contributed by atoms with E-state index in [1.165, 1.54) is 24.4 Å². The van der Waals surface area contributed by atoms with Gasteiger partial charge in [-0.3, -0.25) is 14.6 Å². The van der Waals surface area contributed by atoms with Gasteiger partial charge < -0.3 is 32.0 Å². The van der Waals surface area contributed by atoms with Crippen LogP contribution in [0, 0.1) is 0 Å². The van der Waals surface area contributed by atoms with E-state index >= 15 is 0 Å². The number of nitrogens with zero attached hydrogens (tertiary/aromatic N) is 1. The van der Waals surface area contributed by atoms with Crippen molar-refractivity contribution in [1.29, 1.82) is 0 Å². The molecule has 0 aliphatic heterocycles. The van der Waals surface area contributed by atoms with Crippen molar-refractivity contribution in [1.82, 2.24) is 10.3 Å². The van der Waals surface area contributed by atoms with Gasteiger partial charge in [0.1, 0.15) is 11.8 Å². The number of hydrogen-bond acceptors (Lipinski definition) is 5. The highest BCUT2D eigenvalue weighted by atomic mass is 16.4. The number of carboxylic acids is 1. The van der Waals surface area contributed by atoms with E-state index in [1.54, 1.807) is 0 Å². The lowest BCUT2D eigenvalue weighted by molar-refractivity contribution is -0.141. The fourth-order valence-electron chi connectivity index (χ4n) is 2.41. The number of ketones is 1. The molecule has 0 aliphatic rings. The molecule has 0 bridgehead atoms. The summed E-state index contributed by atoms with van der Waals surface area (Å²) in [5.41, 5.74) is 10.9. The summed E-state index contributed by atoms with van der Waals surface area (Å²) < 4.78 is 0. The number of carbonyl (C=O) groups excluding carboxylic acids is 2. The minimum Gasteiger partial charge on any atom is -0.508 e. The van der Waals surface area contributed by atoms with Crippen molar-refractivity contribution in [2.75, 3.05) is 6.54 Å². The Kier molecular flexibility index (Phi) is 5.78. The molecule has 0 spiro atoms. The van der Waals surface area contributed by atoms with Crippen LogP contribution in [0.4, 0.5) is 0 Å². The van der Waals surface area contributed by atoms with E-state index in [1.807, 2.05) is 0 Å². The molecule has 0 saturated carbocycles. The predicted molar refractivity (Wildman–Crippen MR) is 93.8 cm³/mol. The maximum absolute atomic E-state index is 12.3. The topological polar surface area (TPSA) is 184 Å². The molecule has 10 heteroatoms. The largest absolute Gasteiger partial charge is 0.508 e. The van der Waals surface area contributed by atoms with Gasteiger partial charge >= 0.3 is 5.97 Å². The summed E-state index contributed by atoms with van der Waals surface area (Å²) in [7, 11) is 0. The zero-order valence-corrected chi connectivity index (χ0v) is 13.7. The zero-order chi connectivity index (χ0) is 19.3. The molecule has 0 unspecified atom stereocenters. The lowest BCUT2D eigenvalue weighted by atomic mass is 10.1. The number of Topliss-reactive ketones (excluding diaryl/α,β-unsaturated/α-hetero) is 1. The number of aromatic nitrogens is 1. The third-order valence-electron chi connectivity index (χ3n) is 3.66. The van der Waals surface area contributed by atoms with Crippen LogP contribution in [0.5, 0.6) is 5.75 Å². The minimum absolute atomic E-state index is 0.00881. The number of rotatable bonds is 8. The highest BCUT2D eigenvalue weighted by Gasteiger charge is 2.25. The molecule has 2 aromatic rings. The van der Waals surface area contributed by atoms with Gasteiger partial charge in [0.05, 0.1) is 5.56 Å². The minimum atomic E-state index is -1.26. The van der Waals surface area contributed by atoms with E-state index in [9.17, 15) is 24.6 Å². The van der Waals surface area contributed by atoms with Gasteiger partial charge in [-0.2, -0.15) is 0 Å². The van der Waals surface area contributed by atoms with E-state index in [0.717, 1.165) is 0 Å². The van der Waals surface area contributed by atoms with Gasteiger partial charge in [0, 0.05) is 29.7 Å². The van der Waals surface area contributed by atoms with Gasteiger partial charge in [-0.15, -0.1) is 0 Å². The van der Waals surface area contributed by atoms with Gasteiger partial charge in [0.15, 0.2) is 5.96 Å². The number of aliphatic carboxylic acids is 1. The Labute approximate surface area is 147 Å². The van der Waals surface area contributed by atoms with Crippen LogP contribution in [0.3, 0.4) is 0 Å². The van der Waals surface area contributed by atoms with Crippen LogP contribution >= 0.6 is 0 Å². The summed E-state index contributed by atoms with van der Waals surface area (Å²) >= 11 is 0. The number of amides is 1. The smallest absolute Gasteiger partial charge is 0.326 e. The SMILES string of the molecule is NC(N)=NCCC[C@@H](NC(=O)C(=O)c1c[nH]c2cc(O)ccc12)C(=O)O. The average molecular weight is 361 g/mol. The van der Waals surface area contributed by atoms with Gasteiger partial charge in [0.25, 0.3) is 11.7 Å². The molecule has 26 heavy (non-hydrogen) atoms. The highest BCUT2D eigenvalue weighted by molar-refractivity contribution is 6.45. The molecule has 0 saturated heterocycles. The molecule has 10 nitrogen and oxygen atoms in total. The number of nitrogens with one attached hydrogen (secondary N) is 2. The van der Waals surface area contributed by atoms with Crippen molar-refractivity contribution in [3.63, 3.8) is 0 Å². The van der Waals surface area contributed by atoms with E-state index in [-0.39, 0.29) is 30.2 Å². The summed E-state index contributed by atoms with van der Waals surface area (Å²) in [6.45, 7) is 0.210. The number of phenolic OH excluding ortho intramolecular Hbond substituents is 1. The lowest BCUT2D eigenvalue weighted by Gasteiger charge is -2.13. The van der Waals surface area contributed by atoms with Crippen LogP contribution in [0.1, 0.15) is 23.2 Å². The fraction of sp³-hybridized carbons (Fsp3) is 0.250. The van der Waals surface area contributed by atoms with Crippen LogP contribution < -0.4 is 16.8 Å². The molecule has 1 aromatic heterocycles. The molecule has 0 aliphatic carbocycles. The Morgan fingerprint density at radius 3 is 2.65 bits per heavy atom. The van der Waals surface area contributed by atoms with Gasteiger partial charge in [-0.05, 0) is 25.0 Å². The van der Waals surface area contributed by atoms with E-state index in [2.05, 4.69) is 15.3 Å².